The minimum atomic E-state index is -0.537. The maximum atomic E-state index is 11.5. The Hall–Kier alpha value is -2.21. The number of benzene rings is 1. The van der Waals surface area contributed by atoms with Crippen LogP contribution in [0.25, 0.3) is 0 Å². The molecule has 0 bridgehead atoms. The van der Waals surface area contributed by atoms with Crippen LogP contribution in [0.1, 0.15) is 41.4 Å². The molecule has 0 unspecified atom stereocenters. The van der Waals surface area contributed by atoms with Gasteiger partial charge in [-0.3, -0.25) is 5.10 Å². The molecule has 1 heterocycles. The van der Waals surface area contributed by atoms with Gasteiger partial charge in [0.1, 0.15) is 5.82 Å². The van der Waals surface area contributed by atoms with Gasteiger partial charge in [0.2, 0.25) is 0 Å². The molecule has 2 rings (SSSR count). The highest BCUT2D eigenvalue weighted by molar-refractivity contribution is 5.84. The van der Waals surface area contributed by atoms with Crippen LogP contribution in [-0.4, -0.2) is 27.8 Å². The average molecular weight is 274 g/mol. The van der Waals surface area contributed by atoms with E-state index in [0.29, 0.717) is 12.4 Å². The summed E-state index contributed by atoms with van der Waals surface area (Å²) in [6.07, 6.45) is 1.57. The first kappa shape index (κ1) is 14.2. The molecule has 6 heteroatoms. The Morgan fingerprint density at radius 3 is 2.85 bits per heavy atom. The van der Waals surface area contributed by atoms with Crippen molar-refractivity contribution in [3.63, 3.8) is 0 Å². The predicted octanol–water partition coefficient (Wildman–Crippen LogP) is 1.61. The lowest BCUT2D eigenvalue weighted by atomic mass is 10.1. The number of hydrogen-bond donors (Lipinski definition) is 2. The van der Waals surface area contributed by atoms with Crippen molar-refractivity contribution >= 4 is 5.97 Å². The van der Waals surface area contributed by atoms with E-state index in [1.807, 2.05) is 18.2 Å². The van der Waals surface area contributed by atoms with Crippen LogP contribution in [0.15, 0.2) is 30.3 Å². The van der Waals surface area contributed by atoms with Gasteiger partial charge in [0.05, 0.1) is 12.6 Å². The fraction of sp³-hybridized carbons (Fsp3) is 0.357. The molecular formula is C14H18N4O2. The van der Waals surface area contributed by atoms with Crippen LogP contribution in [0, 0.1) is 0 Å². The zero-order valence-electron chi connectivity index (χ0n) is 11.4. The van der Waals surface area contributed by atoms with Crippen molar-refractivity contribution in [1.82, 2.24) is 15.2 Å². The molecule has 1 atom stereocenters. The molecule has 20 heavy (non-hydrogen) atoms. The predicted molar refractivity (Wildman–Crippen MR) is 74.0 cm³/mol. The van der Waals surface area contributed by atoms with Crippen molar-refractivity contribution < 1.29 is 9.53 Å². The summed E-state index contributed by atoms with van der Waals surface area (Å²) in [5, 5.41) is 6.51. The van der Waals surface area contributed by atoms with Crippen molar-refractivity contribution in [2.75, 3.05) is 6.61 Å². The van der Waals surface area contributed by atoms with E-state index < -0.39 is 5.97 Å². The first-order valence-electron chi connectivity index (χ1n) is 6.59. The van der Waals surface area contributed by atoms with Gasteiger partial charge in [-0.1, -0.05) is 30.3 Å². The Kier molecular flexibility index (Phi) is 4.84. The number of carbonyl (C=O) groups is 1. The zero-order valence-corrected chi connectivity index (χ0v) is 11.4. The molecule has 3 N–H and O–H groups in total. The van der Waals surface area contributed by atoms with Crippen LogP contribution in [0.5, 0.6) is 0 Å². The molecule has 0 saturated heterocycles. The third-order valence-electron chi connectivity index (χ3n) is 2.90. The summed E-state index contributed by atoms with van der Waals surface area (Å²) in [6, 6.07) is 9.79. The second kappa shape index (κ2) is 6.81. The summed E-state index contributed by atoms with van der Waals surface area (Å²) < 4.78 is 4.83. The molecule has 2 aromatic rings. The molecule has 0 aliphatic rings. The second-order valence-corrected chi connectivity index (χ2v) is 4.40. The summed E-state index contributed by atoms with van der Waals surface area (Å²) >= 11 is 0. The molecule has 0 aliphatic heterocycles. The van der Waals surface area contributed by atoms with Crippen molar-refractivity contribution in [3.05, 3.63) is 47.5 Å². The highest BCUT2D eigenvalue weighted by Crippen LogP contribution is 2.13. The van der Waals surface area contributed by atoms with Crippen LogP contribution >= 0.6 is 0 Å². The van der Waals surface area contributed by atoms with Gasteiger partial charge in [0.15, 0.2) is 0 Å². The topological polar surface area (TPSA) is 93.9 Å². The first-order chi connectivity index (χ1) is 9.70. The number of aromatic nitrogens is 3. The normalized spacial score (nSPS) is 12.1. The van der Waals surface area contributed by atoms with Crippen molar-refractivity contribution in [3.8, 4) is 0 Å². The van der Waals surface area contributed by atoms with Crippen LogP contribution < -0.4 is 5.73 Å². The van der Waals surface area contributed by atoms with E-state index in [-0.39, 0.29) is 11.9 Å². The monoisotopic (exact) mass is 274 g/mol. The van der Waals surface area contributed by atoms with E-state index in [0.717, 1.165) is 12.8 Å². The number of rotatable bonds is 6. The van der Waals surface area contributed by atoms with Gasteiger partial charge in [-0.15, -0.1) is 5.10 Å². The van der Waals surface area contributed by atoms with Crippen LogP contribution in [0.4, 0.5) is 0 Å². The van der Waals surface area contributed by atoms with Gasteiger partial charge in [0, 0.05) is 0 Å². The number of esters is 1. The molecule has 0 spiro atoms. The molecule has 1 aromatic heterocycles. The first-order valence-corrected chi connectivity index (χ1v) is 6.59. The summed E-state index contributed by atoms with van der Waals surface area (Å²) in [7, 11) is 0. The molecule has 6 nitrogen and oxygen atoms in total. The largest absolute Gasteiger partial charge is 0.460 e. The minimum Gasteiger partial charge on any atom is -0.460 e. The lowest BCUT2D eigenvalue weighted by Gasteiger charge is -2.07. The second-order valence-electron chi connectivity index (χ2n) is 4.40. The number of carbonyl (C=O) groups excluding carboxylic acids is 1. The SMILES string of the molecule is CCOC(=O)c1n[nH]c([C@@H](N)CCc2ccccc2)n1. The lowest BCUT2D eigenvalue weighted by Crippen LogP contribution is -2.13. The van der Waals surface area contributed by atoms with Crippen molar-refractivity contribution in [2.45, 2.75) is 25.8 Å². The summed E-state index contributed by atoms with van der Waals surface area (Å²) in [6.45, 7) is 2.03. The number of nitrogens with one attached hydrogen (secondary N) is 1. The van der Waals surface area contributed by atoms with E-state index in [9.17, 15) is 4.79 Å². The van der Waals surface area contributed by atoms with Gasteiger partial charge in [0.25, 0.3) is 5.82 Å². The van der Waals surface area contributed by atoms with Gasteiger partial charge < -0.3 is 10.5 Å². The molecule has 0 fully saturated rings. The van der Waals surface area contributed by atoms with Crippen molar-refractivity contribution in [2.24, 2.45) is 5.73 Å². The highest BCUT2D eigenvalue weighted by atomic mass is 16.5. The number of nitrogens with two attached hydrogens (primary N) is 1. The van der Waals surface area contributed by atoms with Gasteiger partial charge in [-0.25, -0.2) is 9.78 Å². The molecule has 1 aromatic carbocycles. The molecular weight excluding hydrogens is 256 g/mol. The summed E-state index contributed by atoms with van der Waals surface area (Å²) in [5.74, 6) is -0.00810. The molecule has 0 aliphatic carbocycles. The lowest BCUT2D eigenvalue weighted by molar-refractivity contribution is 0.0512. The quantitative estimate of drug-likeness (QED) is 0.780. The molecule has 106 valence electrons. The number of aryl methyl sites for hydroxylation is 1. The van der Waals surface area contributed by atoms with Crippen LogP contribution in [-0.2, 0) is 11.2 Å². The molecule has 0 saturated carbocycles. The highest BCUT2D eigenvalue weighted by Gasteiger charge is 2.17. The van der Waals surface area contributed by atoms with E-state index >= 15 is 0 Å². The van der Waals surface area contributed by atoms with E-state index in [2.05, 4.69) is 27.3 Å². The third-order valence-corrected chi connectivity index (χ3v) is 2.90. The number of ether oxygens (including phenoxy) is 1. The van der Waals surface area contributed by atoms with Gasteiger partial charge in [-0.05, 0) is 25.3 Å². The zero-order chi connectivity index (χ0) is 14.4. The fourth-order valence-corrected chi connectivity index (χ4v) is 1.83. The third kappa shape index (κ3) is 3.64. The van der Waals surface area contributed by atoms with Crippen molar-refractivity contribution in [1.29, 1.82) is 0 Å². The fourth-order valence-electron chi connectivity index (χ4n) is 1.83. The number of H-pyrrole nitrogens is 1. The summed E-state index contributed by atoms with van der Waals surface area (Å²) in [5.41, 5.74) is 7.26. The maximum absolute atomic E-state index is 11.5. The van der Waals surface area contributed by atoms with Gasteiger partial charge >= 0.3 is 5.97 Å². The smallest absolute Gasteiger partial charge is 0.378 e. The standard InChI is InChI=1S/C14H18N4O2/c1-2-20-14(19)13-16-12(17-18-13)11(15)9-8-10-6-4-3-5-7-10/h3-7,11H,2,8-9,15H2,1H3,(H,16,17,18)/t11-/m0/s1. The molecule has 0 radical (unpaired) electrons. The number of hydrogen-bond acceptors (Lipinski definition) is 5. The Balaban J connectivity index is 1.92. The van der Waals surface area contributed by atoms with Gasteiger partial charge in [-0.2, -0.15) is 0 Å². The number of nitrogens with zero attached hydrogens (tertiary/aromatic N) is 2. The maximum Gasteiger partial charge on any atom is 0.378 e. The van der Waals surface area contributed by atoms with E-state index in [1.54, 1.807) is 6.92 Å². The molecule has 0 amide bonds. The Labute approximate surface area is 117 Å². The Morgan fingerprint density at radius 1 is 1.40 bits per heavy atom. The Bertz CT molecular complexity index is 553. The summed E-state index contributed by atoms with van der Waals surface area (Å²) in [4.78, 5) is 15.5. The van der Waals surface area contributed by atoms with E-state index in [1.165, 1.54) is 5.56 Å². The number of aromatic amines is 1. The minimum absolute atomic E-state index is 0.0250. The van der Waals surface area contributed by atoms with E-state index in [4.69, 9.17) is 10.5 Å². The van der Waals surface area contributed by atoms with Crippen LogP contribution in [0.2, 0.25) is 0 Å². The average Bonchev–Trinajstić information content (AvgIpc) is 2.96. The Morgan fingerprint density at radius 2 is 2.15 bits per heavy atom. The van der Waals surface area contributed by atoms with Crippen LogP contribution in [0.3, 0.4) is 0 Å².